The topological polar surface area (TPSA) is 83.8 Å². The Bertz CT molecular complexity index is 1030. The van der Waals surface area contributed by atoms with E-state index in [2.05, 4.69) is 22.1 Å². The van der Waals surface area contributed by atoms with Gasteiger partial charge in [0.2, 0.25) is 0 Å². The van der Waals surface area contributed by atoms with Crippen LogP contribution in [0.15, 0.2) is 72.5 Å². The summed E-state index contributed by atoms with van der Waals surface area (Å²) in [4.78, 5) is 16.6. The van der Waals surface area contributed by atoms with Gasteiger partial charge in [0.25, 0.3) is 5.91 Å². The Morgan fingerprint density at radius 3 is 2.89 bits per heavy atom. The molecule has 0 aliphatic heterocycles. The molecule has 1 aromatic heterocycles. The van der Waals surface area contributed by atoms with Gasteiger partial charge in [0.1, 0.15) is 17.0 Å². The van der Waals surface area contributed by atoms with E-state index in [9.17, 15) is 9.90 Å². The summed E-state index contributed by atoms with van der Waals surface area (Å²) < 4.78 is 5.76. The predicted octanol–water partition coefficient (Wildman–Crippen LogP) is 3.59. The fraction of sp³-hybridized carbons (Fsp3) is 0.136. The van der Waals surface area contributed by atoms with Gasteiger partial charge in [-0.1, -0.05) is 36.4 Å². The number of hydrogen-bond donors (Lipinski definition) is 2. The lowest BCUT2D eigenvalue weighted by Gasteiger charge is -2.14. The number of carbonyl (C=O) groups is 1. The van der Waals surface area contributed by atoms with Gasteiger partial charge < -0.3 is 9.84 Å². The van der Waals surface area contributed by atoms with Crippen LogP contribution >= 0.6 is 0 Å². The van der Waals surface area contributed by atoms with Crippen molar-refractivity contribution < 1.29 is 14.6 Å². The van der Waals surface area contributed by atoms with Crippen LogP contribution in [0.5, 0.6) is 11.5 Å². The van der Waals surface area contributed by atoms with Crippen LogP contribution < -0.4 is 10.2 Å². The highest BCUT2D eigenvalue weighted by Gasteiger charge is 2.15. The molecule has 1 heterocycles. The number of hydrogen-bond acceptors (Lipinski definition) is 5. The number of para-hydroxylation sites is 2. The van der Waals surface area contributed by atoms with Crippen molar-refractivity contribution in [1.29, 1.82) is 0 Å². The van der Waals surface area contributed by atoms with E-state index in [0.29, 0.717) is 23.3 Å². The number of benzene rings is 2. The van der Waals surface area contributed by atoms with Gasteiger partial charge in [0, 0.05) is 17.1 Å². The van der Waals surface area contributed by atoms with Crippen LogP contribution in [0.1, 0.15) is 18.1 Å². The van der Waals surface area contributed by atoms with Crippen molar-refractivity contribution in [2.75, 3.05) is 0 Å². The van der Waals surface area contributed by atoms with Gasteiger partial charge in [-0.25, -0.2) is 5.43 Å². The quantitative estimate of drug-likeness (QED) is 0.376. The first-order valence-corrected chi connectivity index (χ1v) is 8.85. The van der Waals surface area contributed by atoms with Crippen LogP contribution in [0.3, 0.4) is 0 Å². The molecular formula is C22H21N3O3. The smallest absolute Gasteiger partial charge is 0.280 e. The Kier molecular flexibility index (Phi) is 6.01. The molecule has 28 heavy (non-hydrogen) atoms. The van der Waals surface area contributed by atoms with Crippen LogP contribution in [0.2, 0.25) is 0 Å². The molecule has 3 rings (SSSR count). The minimum Gasteiger partial charge on any atom is -0.507 e. The molecule has 142 valence electrons. The highest BCUT2D eigenvalue weighted by molar-refractivity contribution is 5.87. The Morgan fingerprint density at radius 1 is 1.29 bits per heavy atom. The molecule has 1 amide bonds. The number of aromatic nitrogens is 1. The predicted molar refractivity (Wildman–Crippen MR) is 110 cm³/mol. The number of carbonyl (C=O) groups excluding carboxylic acids is 1. The zero-order valence-electron chi connectivity index (χ0n) is 15.5. The van der Waals surface area contributed by atoms with Crippen LogP contribution in [0.25, 0.3) is 10.9 Å². The van der Waals surface area contributed by atoms with Crippen LogP contribution in [0.4, 0.5) is 0 Å². The van der Waals surface area contributed by atoms with Gasteiger partial charge >= 0.3 is 0 Å². The van der Waals surface area contributed by atoms with Crippen molar-refractivity contribution >= 4 is 23.0 Å². The molecule has 0 aliphatic rings. The molecule has 0 saturated heterocycles. The fourth-order valence-electron chi connectivity index (χ4n) is 2.71. The monoisotopic (exact) mass is 375 g/mol. The molecule has 6 nitrogen and oxygen atoms in total. The van der Waals surface area contributed by atoms with Gasteiger partial charge in [-0.15, -0.1) is 6.58 Å². The van der Waals surface area contributed by atoms with Crippen molar-refractivity contribution in [1.82, 2.24) is 10.4 Å². The lowest BCUT2D eigenvalue weighted by atomic mass is 10.1. The molecule has 3 aromatic rings. The Labute approximate surface area is 163 Å². The average molecular weight is 375 g/mol. The first kappa shape index (κ1) is 19.1. The van der Waals surface area contributed by atoms with E-state index in [1.807, 2.05) is 24.3 Å². The molecule has 2 aromatic carbocycles. The third kappa shape index (κ3) is 4.35. The van der Waals surface area contributed by atoms with Gasteiger partial charge in [-0.05, 0) is 37.1 Å². The molecule has 0 fully saturated rings. The van der Waals surface area contributed by atoms with Crippen molar-refractivity contribution in [2.45, 2.75) is 19.4 Å². The number of amides is 1. The van der Waals surface area contributed by atoms with E-state index in [-0.39, 0.29) is 5.75 Å². The highest BCUT2D eigenvalue weighted by Crippen LogP contribution is 2.24. The summed E-state index contributed by atoms with van der Waals surface area (Å²) in [7, 11) is 0. The average Bonchev–Trinajstić information content (AvgIpc) is 2.71. The Balaban J connectivity index is 1.65. The number of ether oxygens (including phenoxy) is 1. The second kappa shape index (κ2) is 8.81. The van der Waals surface area contributed by atoms with Crippen molar-refractivity contribution in [3.63, 3.8) is 0 Å². The zero-order valence-corrected chi connectivity index (χ0v) is 15.5. The van der Waals surface area contributed by atoms with Gasteiger partial charge in [0.15, 0.2) is 6.10 Å². The van der Waals surface area contributed by atoms with Gasteiger partial charge in [-0.2, -0.15) is 5.10 Å². The third-order valence-electron chi connectivity index (χ3n) is 4.16. The summed E-state index contributed by atoms with van der Waals surface area (Å²) >= 11 is 0. The minimum absolute atomic E-state index is 0.117. The summed E-state index contributed by atoms with van der Waals surface area (Å²) in [5, 5.41) is 15.1. The summed E-state index contributed by atoms with van der Waals surface area (Å²) in [6, 6.07) is 14.6. The van der Waals surface area contributed by atoms with E-state index in [0.717, 1.165) is 10.9 Å². The molecule has 6 heteroatoms. The molecule has 0 bridgehead atoms. The maximum Gasteiger partial charge on any atom is 0.280 e. The molecule has 1 atom stereocenters. The number of fused-ring (bicyclic) bond motifs is 1. The summed E-state index contributed by atoms with van der Waals surface area (Å²) in [6.45, 7) is 5.30. The third-order valence-corrected chi connectivity index (χ3v) is 4.16. The number of aromatic hydroxyl groups is 1. The molecule has 0 spiro atoms. The maximum atomic E-state index is 12.3. The standard InChI is InChI=1S/C22H21N3O3/c1-3-7-17-9-4-10-18(21(17)26)14-24-25-22(27)15(2)28-19-12-5-8-16-11-6-13-23-20(16)19/h3-6,8-15,26H,1,7H2,2H3,(H,25,27)/b24-14+. The number of hydrazone groups is 1. The number of rotatable bonds is 7. The number of nitrogens with zero attached hydrogens (tertiary/aromatic N) is 2. The number of phenols is 1. The van der Waals surface area contributed by atoms with E-state index in [1.165, 1.54) is 6.21 Å². The molecular weight excluding hydrogens is 354 g/mol. The van der Waals surface area contributed by atoms with E-state index in [1.54, 1.807) is 43.5 Å². The molecule has 2 N–H and O–H groups in total. The van der Waals surface area contributed by atoms with Crippen LogP contribution in [-0.2, 0) is 11.2 Å². The second-order valence-electron chi connectivity index (χ2n) is 6.17. The lowest BCUT2D eigenvalue weighted by molar-refractivity contribution is -0.127. The van der Waals surface area contributed by atoms with Gasteiger partial charge in [0.05, 0.1) is 6.21 Å². The number of allylic oxidation sites excluding steroid dienone is 1. The van der Waals surface area contributed by atoms with E-state index >= 15 is 0 Å². The first-order valence-electron chi connectivity index (χ1n) is 8.85. The van der Waals surface area contributed by atoms with Gasteiger partial charge in [-0.3, -0.25) is 9.78 Å². The summed E-state index contributed by atoms with van der Waals surface area (Å²) in [5.41, 5.74) is 4.37. The highest BCUT2D eigenvalue weighted by atomic mass is 16.5. The molecule has 0 aliphatic carbocycles. The second-order valence-corrected chi connectivity index (χ2v) is 6.17. The Morgan fingerprint density at radius 2 is 2.07 bits per heavy atom. The zero-order chi connectivity index (χ0) is 19.9. The summed E-state index contributed by atoms with van der Waals surface area (Å²) in [6.07, 6.45) is 4.55. The Hall–Kier alpha value is -3.67. The largest absolute Gasteiger partial charge is 0.507 e. The van der Waals surface area contributed by atoms with E-state index in [4.69, 9.17) is 4.74 Å². The van der Waals surface area contributed by atoms with Crippen LogP contribution in [0, 0.1) is 0 Å². The molecule has 0 saturated carbocycles. The maximum absolute atomic E-state index is 12.3. The van der Waals surface area contributed by atoms with Crippen molar-refractivity contribution in [3.05, 3.63) is 78.5 Å². The number of nitrogens with one attached hydrogen (secondary N) is 1. The fourth-order valence-corrected chi connectivity index (χ4v) is 2.71. The number of phenolic OH excluding ortho intramolecular Hbond substituents is 1. The SMILES string of the molecule is C=CCc1cccc(/C=N/NC(=O)C(C)Oc2cccc3cccnc23)c1O. The van der Waals surface area contributed by atoms with E-state index < -0.39 is 12.0 Å². The van der Waals surface area contributed by atoms with Crippen molar-refractivity contribution in [2.24, 2.45) is 5.10 Å². The lowest BCUT2D eigenvalue weighted by Crippen LogP contribution is -2.33. The molecule has 1 unspecified atom stereocenters. The van der Waals surface area contributed by atoms with Crippen LogP contribution in [-0.4, -0.2) is 28.3 Å². The number of pyridine rings is 1. The first-order chi connectivity index (χ1) is 13.6. The molecule has 0 radical (unpaired) electrons. The summed E-state index contributed by atoms with van der Waals surface area (Å²) in [5.74, 6) is 0.233. The minimum atomic E-state index is -0.773. The normalized spacial score (nSPS) is 12.0. The van der Waals surface area contributed by atoms with Crippen molar-refractivity contribution in [3.8, 4) is 11.5 Å².